The van der Waals surface area contributed by atoms with Crippen LogP contribution in [-0.2, 0) is 30.7 Å². The van der Waals surface area contributed by atoms with Crippen LogP contribution in [0.3, 0.4) is 0 Å². The zero-order valence-corrected chi connectivity index (χ0v) is 20.7. The van der Waals surface area contributed by atoms with Crippen molar-refractivity contribution in [2.75, 3.05) is 32.8 Å². The standard InChI is InChI=1S/C28H30N6O3/c35-27(21-8-9-23-24(17-21)30-19-29-23)33-12-10-25-22(18-33)26(28(36)32-13-15-37-16-14-32)31-34(25)11-4-7-20-5-2-1-3-6-20/h1-3,5-6,8-9,17,19H,4,7,10-16,18H2,(H,29,30). The molecular formula is C28H30N6O3. The van der Waals surface area contributed by atoms with Gasteiger partial charge in [0.15, 0.2) is 5.69 Å². The quantitative estimate of drug-likeness (QED) is 0.441. The number of nitrogens with one attached hydrogen (secondary N) is 1. The van der Waals surface area contributed by atoms with Crippen molar-refractivity contribution in [1.29, 1.82) is 0 Å². The molecular weight excluding hydrogens is 468 g/mol. The van der Waals surface area contributed by atoms with Gasteiger partial charge >= 0.3 is 0 Å². The molecule has 0 aliphatic carbocycles. The van der Waals surface area contributed by atoms with E-state index in [4.69, 9.17) is 9.84 Å². The number of hydrogen-bond donors (Lipinski definition) is 1. The maximum Gasteiger partial charge on any atom is 0.274 e. The number of aromatic amines is 1. The van der Waals surface area contributed by atoms with Crippen LogP contribution in [0.1, 0.15) is 44.1 Å². The molecule has 1 fully saturated rings. The molecule has 0 radical (unpaired) electrons. The predicted molar refractivity (Wildman–Crippen MR) is 138 cm³/mol. The van der Waals surface area contributed by atoms with Gasteiger partial charge in [-0.2, -0.15) is 5.10 Å². The van der Waals surface area contributed by atoms with Crippen molar-refractivity contribution < 1.29 is 14.3 Å². The number of carbonyl (C=O) groups is 2. The first kappa shape index (κ1) is 23.4. The normalized spacial score (nSPS) is 15.7. The highest BCUT2D eigenvalue weighted by Gasteiger charge is 2.32. The number of rotatable bonds is 6. The van der Waals surface area contributed by atoms with E-state index in [0.29, 0.717) is 57.1 Å². The first-order valence-electron chi connectivity index (χ1n) is 12.9. The first-order chi connectivity index (χ1) is 18.2. The summed E-state index contributed by atoms with van der Waals surface area (Å²) < 4.78 is 7.45. The highest BCUT2D eigenvalue weighted by atomic mass is 16.5. The molecule has 1 saturated heterocycles. The van der Waals surface area contributed by atoms with Crippen molar-refractivity contribution >= 4 is 22.8 Å². The Hall–Kier alpha value is -3.98. The number of H-pyrrole nitrogens is 1. The molecule has 0 spiro atoms. The summed E-state index contributed by atoms with van der Waals surface area (Å²) in [5.41, 5.74) is 5.97. The lowest BCUT2D eigenvalue weighted by atomic mass is 10.0. The van der Waals surface area contributed by atoms with Crippen LogP contribution in [0, 0.1) is 0 Å². The topological polar surface area (TPSA) is 96.3 Å². The molecule has 0 saturated carbocycles. The van der Waals surface area contributed by atoms with Crippen molar-refractivity contribution in [1.82, 2.24) is 29.5 Å². The maximum absolute atomic E-state index is 13.5. The third-order valence-corrected chi connectivity index (χ3v) is 7.27. The Balaban J connectivity index is 1.25. The van der Waals surface area contributed by atoms with Crippen LogP contribution in [-0.4, -0.2) is 74.2 Å². The fourth-order valence-electron chi connectivity index (χ4n) is 5.27. The summed E-state index contributed by atoms with van der Waals surface area (Å²) in [6, 6.07) is 15.9. The number of aryl methyl sites for hydroxylation is 2. The summed E-state index contributed by atoms with van der Waals surface area (Å²) in [6.45, 7) is 3.88. The fraction of sp³-hybridized carbons (Fsp3) is 0.357. The number of hydrogen-bond acceptors (Lipinski definition) is 5. The van der Waals surface area contributed by atoms with Crippen LogP contribution in [0.25, 0.3) is 11.0 Å². The minimum atomic E-state index is -0.0745. The van der Waals surface area contributed by atoms with Gasteiger partial charge in [-0.3, -0.25) is 14.3 Å². The van der Waals surface area contributed by atoms with E-state index in [2.05, 4.69) is 34.2 Å². The van der Waals surface area contributed by atoms with E-state index in [0.717, 1.165) is 41.7 Å². The van der Waals surface area contributed by atoms with E-state index in [-0.39, 0.29) is 11.8 Å². The molecule has 2 aromatic carbocycles. The van der Waals surface area contributed by atoms with Gasteiger partial charge in [-0.25, -0.2) is 4.98 Å². The highest BCUT2D eigenvalue weighted by Crippen LogP contribution is 2.26. The summed E-state index contributed by atoms with van der Waals surface area (Å²) in [4.78, 5) is 37.9. The van der Waals surface area contributed by atoms with Crippen molar-refractivity contribution in [3.05, 3.63) is 82.9 Å². The Labute approximate surface area is 215 Å². The molecule has 6 rings (SSSR count). The van der Waals surface area contributed by atoms with Gasteiger partial charge < -0.3 is 19.5 Å². The Bertz CT molecular complexity index is 1420. The molecule has 4 aromatic rings. The van der Waals surface area contributed by atoms with Crippen molar-refractivity contribution in [3.8, 4) is 0 Å². The van der Waals surface area contributed by atoms with Crippen LogP contribution in [0.2, 0.25) is 0 Å². The van der Waals surface area contributed by atoms with E-state index < -0.39 is 0 Å². The summed E-state index contributed by atoms with van der Waals surface area (Å²) in [5, 5.41) is 4.83. The molecule has 4 heterocycles. The largest absolute Gasteiger partial charge is 0.378 e. The van der Waals surface area contributed by atoms with Gasteiger partial charge in [0.2, 0.25) is 0 Å². The minimum absolute atomic E-state index is 0.0521. The molecule has 1 N–H and O–H groups in total. The lowest BCUT2D eigenvalue weighted by Crippen LogP contribution is -2.42. The van der Waals surface area contributed by atoms with Crippen LogP contribution in [0.4, 0.5) is 0 Å². The third-order valence-electron chi connectivity index (χ3n) is 7.27. The monoisotopic (exact) mass is 498 g/mol. The van der Waals surface area contributed by atoms with Crippen molar-refractivity contribution in [2.24, 2.45) is 0 Å². The van der Waals surface area contributed by atoms with Gasteiger partial charge in [0.1, 0.15) is 0 Å². The molecule has 2 aromatic heterocycles. The number of amides is 2. The van der Waals surface area contributed by atoms with Gasteiger partial charge in [-0.15, -0.1) is 0 Å². The van der Waals surface area contributed by atoms with E-state index in [1.807, 2.05) is 38.7 Å². The van der Waals surface area contributed by atoms with Crippen molar-refractivity contribution in [2.45, 2.75) is 32.4 Å². The van der Waals surface area contributed by atoms with Crippen LogP contribution >= 0.6 is 0 Å². The number of carbonyl (C=O) groups excluding carboxylic acids is 2. The number of nitrogens with zero attached hydrogens (tertiary/aromatic N) is 5. The van der Waals surface area contributed by atoms with Gasteiger partial charge in [0, 0.05) is 49.4 Å². The average Bonchev–Trinajstić information content (AvgIpc) is 3.57. The second-order valence-electron chi connectivity index (χ2n) is 9.60. The van der Waals surface area contributed by atoms with Crippen LogP contribution in [0.5, 0.6) is 0 Å². The molecule has 9 heteroatoms. The van der Waals surface area contributed by atoms with Gasteiger partial charge in [-0.1, -0.05) is 30.3 Å². The van der Waals surface area contributed by atoms with E-state index in [9.17, 15) is 9.59 Å². The molecule has 0 atom stereocenters. The molecule has 9 nitrogen and oxygen atoms in total. The second-order valence-corrected chi connectivity index (χ2v) is 9.60. The number of benzene rings is 2. The summed E-state index contributed by atoms with van der Waals surface area (Å²) in [7, 11) is 0. The number of morpholine rings is 1. The second kappa shape index (κ2) is 10.2. The highest BCUT2D eigenvalue weighted by molar-refractivity contribution is 5.98. The Morgan fingerprint density at radius 3 is 2.65 bits per heavy atom. The molecule has 2 aliphatic heterocycles. The number of fused-ring (bicyclic) bond motifs is 2. The van der Waals surface area contributed by atoms with Crippen LogP contribution < -0.4 is 0 Å². The Kier molecular flexibility index (Phi) is 6.44. The minimum Gasteiger partial charge on any atom is -0.378 e. The predicted octanol–water partition coefficient (Wildman–Crippen LogP) is 3.06. The smallest absolute Gasteiger partial charge is 0.274 e. The lowest BCUT2D eigenvalue weighted by Gasteiger charge is -2.29. The van der Waals surface area contributed by atoms with Crippen LogP contribution in [0.15, 0.2) is 54.9 Å². The van der Waals surface area contributed by atoms with E-state index in [1.54, 1.807) is 6.33 Å². The number of aromatic nitrogens is 4. The third kappa shape index (κ3) is 4.74. The number of imidazole rings is 1. The molecule has 0 bridgehead atoms. The number of ether oxygens (including phenoxy) is 1. The van der Waals surface area contributed by atoms with E-state index >= 15 is 0 Å². The van der Waals surface area contributed by atoms with Gasteiger partial charge in [0.25, 0.3) is 11.8 Å². The summed E-state index contributed by atoms with van der Waals surface area (Å²) in [6.07, 6.45) is 4.17. The Morgan fingerprint density at radius 2 is 1.81 bits per heavy atom. The summed E-state index contributed by atoms with van der Waals surface area (Å²) >= 11 is 0. The average molecular weight is 499 g/mol. The summed E-state index contributed by atoms with van der Waals surface area (Å²) in [5.74, 6) is -0.127. The molecule has 190 valence electrons. The zero-order chi connectivity index (χ0) is 25.2. The Morgan fingerprint density at radius 1 is 0.973 bits per heavy atom. The molecule has 0 unspecified atom stereocenters. The SMILES string of the molecule is O=C(c1ccc2nc[nH]c2c1)N1CCc2c(c(C(=O)N3CCOCC3)nn2CCCc2ccccc2)C1. The van der Waals surface area contributed by atoms with Gasteiger partial charge in [0.05, 0.1) is 37.1 Å². The lowest BCUT2D eigenvalue weighted by molar-refractivity contribution is 0.0296. The first-order valence-corrected chi connectivity index (χ1v) is 12.9. The maximum atomic E-state index is 13.5. The zero-order valence-electron chi connectivity index (χ0n) is 20.7. The van der Waals surface area contributed by atoms with E-state index in [1.165, 1.54) is 5.56 Å². The fourth-order valence-corrected chi connectivity index (χ4v) is 5.27. The molecule has 2 amide bonds. The van der Waals surface area contributed by atoms with Crippen molar-refractivity contribution in [3.63, 3.8) is 0 Å². The molecule has 37 heavy (non-hydrogen) atoms. The van der Waals surface area contributed by atoms with Gasteiger partial charge in [-0.05, 0) is 36.6 Å². The molecule has 2 aliphatic rings.